The molecule has 0 atom stereocenters. The van der Waals surface area contributed by atoms with Crippen molar-refractivity contribution in [2.24, 2.45) is 0 Å². The van der Waals surface area contributed by atoms with Gasteiger partial charge in [0.15, 0.2) is 0 Å². The SMILES string of the molecule is Cc1cc(NC(=O)CNC2CCCCCCC2)ccc1Br. The zero-order chi connectivity index (χ0) is 15.1. The topological polar surface area (TPSA) is 41.1 Å². The number of hydrogen-bond acceptors (Lipinski definition) is 2. The summed E-state index contributed by atoms with van der Waals surface area (Å²) in [5, 5.41) is 6.37. The van der Waals surface area contributed by atoms with Gasteiger partial charge in [-0.3, -0.25) is 4.79 Å². The molecule has 0 bridgehead atoms. The van der Waals surface area contributed by atoms with Gasteiger partial charge in [0.1, 0.15) is 0 Å². The smallest absolute Gasteiger partial charge is 0.238 e. The lowest BCUT2D eigenvalue weighted by molar-refractivity contribution is -0.115. The number of rotatable bonds is 4. The van der Waals surface area contributed by atoms with Crippen molar-refractivity contribution in [2.45, 2.75) is 57.9 Å². The minimum atomic E-state index is 0.0405. The fourth-order valence-corrected chi connectivity index (χ4v) is 3.07. The summed E-state index contributed by atoms with van der Waals surface area (Å²) in [6.45, 7) is 2.42. The standard InChI is InChI=1S/C17H25BrN2O/c1-13-11-15(9-10-16(13)18)20-17(21)12-19-14-7-5-3-2-4-6-8-14/h9-11,14,19H,2-8,12H2,1H3,(H,20,21). The van der Waals surface area contributed by atoms with Crippen molar-refractivity contribution < 1.29 is 4.79 Å². The molecule has 0 unspecified atom stereocenters. The molecule has 0 heterocycles. The van der Waals surface area contributed by atoms with Gasteiger partial charge in [0.05, 0.1) is 6.54 Å². The number of amides is 1. The quantitative estimate of drug-likeness (QED) is 0.842. The Morgan fingerprint density at radius 2 is 1.86 bits per heavy atom. The number of halogens is 1. The molecule has 0 radical (unpaired) electrons. The molecule has 1 aromatic carbocycles. The van der Waals surface area contributed by atoms with Gasteiger partial charge in [-0.1, -0.05) is 48.0 Å². The number of anilines is 1. The summed E-state index contributed by atoms with van der Waals surface area (Å²) in [7, 11) is 0. The van der Waals surface area contributed by atoms with Gasteiger partial charge in [-0.2, -0.15) is 0 Å². The molecule has 3 nitrogen and oxygen atoms in total. The predicted octanol–water partition coefficient (Wildman–Crippen LogP) is 4.40. The van der Waals surface area contributed by atoms with Gasteiger partial charge < -0.3 is 10.6 Å². The van der Waals surface area contributed by atoms with Crippen LogP contribution in [0.15, 0.2) is 22.7 Å². The second kappa shape index (κ2) is 8.54. The van der Waals surface area contributed by atoms with Crippen molar-refractivity contribution in [3.63, 3.8) is 0 Å². The summed E-state index contributed by atoms with van der Waals surface area (Å²) in [4.78, 5) is 12.0. The normalized spacial score (nSPS) is 17.0. The molecule has 2 rings (SSSR count). The highest BCUT2D eigenvalue weighted by molar-refractivity contribution is 9.10. The molecule has 4 heteroatoms. The van der Waals surface area contributed by atoms with Gasteiger partial charge >= 0.3 is 0 Å². The molecule has 116 valence electrons. The largest absolute Gasteiger partial charge is 0.325 e. The molecule has 1 fully saturated rings. The third-order valence-corrected chi connectivity index (χ3v) is 4.99. The van der Waals surface area contributed by atoms with Crippen LogP contribution < -0.4 is 10.6 Å². The van der Waals surface area contributed by atoms with Crippen LogP contribution in [0.25, 0.3) is 0 Å². The van der Waals surface area contributed by atoms with E-state index < -0.39 is 0 Å². The summed E-state index contributed by atoms with van der Waals surface area (Å²) in [5.74, 6) is 0.0405. The van der Waals surface area contributed by atoms with Crippen LogP contribution in [0.3, 0.4) is 0 Å². The maximum atomic E-state index is 12.0. The van der Waals surface area contributed by atoms with Gasteiger partial charge in [0.2, 0.25) is 5.91 Å². The van der Waals surface area contributed by atoms with E-state index in [0.717, 1.165) is 15.7 Å². The van der Waals surface area contributed by atoms with Gasteiger partial charge in [-0.25, -0.2) is 0 Å². The molecule has 2 N–H and O–H groups in total. The minimum absolute atomic E-state index is 0.0405. The number of hydrogen-bond donors (Lipinski definition) is 2. The van der Waals surface area contributed by atoms with Crippen LogP contribution in [0.2, 0.25) is 0 Å². The fourth-order valence-electron chi connectivity index (χ4n) is 2.82. The highest BCUT2D eigenvalue weighted by Gasteiger charge is 2.12. The van der Waals surface area contributed by atoms with Gasteiger partial charge in [0.25, 0.3) is 0 Å². The predicted molar refractivity (Wildman–Crippen MR) is 91.6 cm³/mol. The van der Waals surface area contributed by atoms with E-state index in [0.29, 0.717) is 12.6 Å². The summed E-state index contributed by atoms with van der Waals surface area (Å²) < 4.78 is 1.06. The van der Waals surface area contributed by atoms with E-state index in [4.69, 9.17) is 0 Å². The van der Waals surface area contributed by atoms with Crippen molar-refractivity contribution in [3.05, 3.63) is 28.2 Å². The Kier molecular flexibility index (Phi) is 6.71. The Morgan fingerprint density at radius 3 is 2.52 bits per heavy atom. The zero-order valence-corrected chi connectivity index (χ0v) is 14.3. The molecule has 1 aliphatic carbocycles. The van der Waals surface area contributed by atoms with Crippen LogP contribution in [0.4, 0.5) is 5.69 Å². The molecule has 1 aromatic rings. The average Bonchev–Trinajstić information content (AvgIpc) is 2.42. The number of nitrogens with one attached hydrogen (secondary N) is 2. The van der Waals surface area contributed by atoms with Crippen LogP contribution in [0.5, 0.6) is 0 Å². The van der Waals surface area contributed by atoms with E-state index in [1.54, 1.807) is 0 Å². The van der Waals surface area contributed by atoms with Crippen LogP contribution >= 0.6 is 15.9 Å². The van der Waals surface area contributed by atoms with Crippen molar-refractivity contribution in [1.82, 2.24) is 5.32 Å². The minimum Gasteiger partial charge on any atom is -0.325 e. The first-order valence-electron chi connectivity index (χ1n) is 7.94. The Hall–Kier alpha value is -0.870. The highest BCUT2D eigenvalue weighted by atomic mass is 79.9. The monoisotopic (exact) mass is 352 g/mol. The van der Waals surface area contributed by atoms with E-state index >= 15 is 0 Å². The lowest BCUT2D eigenvalue weighted by Crippen LogP contribution is -2.36. The van der Waals surface area contributed by atoms with Crippen LogP contribution in [-0.4, -0.2) is 18.5 Å². The number of carbonyl (C=O) groups excluding carboxylic acids is 1. The van der Waals surface area contributed by atoms with E-state index in [2.05, 4.69) is 26.6 Å². The molecule has 1 aliphatic rings. The molecule has 0 aromatic heterocycles. The molecule has 0 saturated heterocycles. The number of carbonyl (C=O) groups is 1. The maximum absolute atomic E-state index is 12.0. The summed E-state index contributed by atoms with van der Waals surface area (Å²) in [6.07, 6.45) is 9.01. The van der Waals surface area contributed by atoms with Gasteiger partial charge in [-0.05, 0) is 43.5 Å². The molecule has 0 spiro atoms. The zero-order valence-electron chi connectivity index (χ0n) is 12.8. The highest BCUT2D eigenvalue weighted by Crippen LogP contribution is 2.20. The molecular formula is C17H25BrN2O. The molecule has 21 heavy (non-hydrogen) atoms. The van der Waals surface area contributed by atoms with Crippen molar-refractivity contribution in [3.8, 4) is 0 Å². The molecular weight excluding hydrogens is 328 g/mol. The number of aryl methyl sites for hydroxylation is 1. The Bertz CT molecular complexity index is 468. The molecule has 0 aliphatic heterocycles. The van der Waals surface area contributed by atoms with Crippen LogP contribution in [0, 0.1) is 6.92 Å². The second-order valence-electron chi connectivity index (χ2n) is 5.94. The van der Waals surface area contributed by atoms with E-state index in [1.807, 2.05) is 25.1 Å². The average molecular weight is 353 g/mol. The lowest BCUT2D eigenvalue weighted by Gasteiger charge is -2.20. The van der Waals surface area contributed by atoms with Gasteiger partial charge in [-0.15, -0.1) is 0 Å². The van der Waals surface area contributed by atoms with Gasteiger partial charge in [0, 0.05) is 16.2 Å². The van der Waals surface area contributed by atoms with Crippen LogP contribution in [-0.2, 0) is 4.79 Å². The molecule has 1 saturated carbocycles. The first-order chi connectivity index (χ1) is 10.1. The molecule has 1 amide bonds. The Labute approximate surface area is 136 Å². The lowest BCUT2D eigenvalue weighted by atomic mass is 9.97. The third-order valence-electron chi connectivity index (χ3n) is 4.10. The number of benzene rings is 1. The van der Waals surface area contributed by atoms with Crippen molar-refractivity contribution in [1.29, 1.82) is 0 Å². The maximum Gasteiger partial charge on any atom is 0.238 e. The first kappa shape index (κ1) is 16.5. The van der Waals surface area contributed by atoms with Crippen molar-refractivity contribution in [2.75, 3.05) is 11.9 Å². The second-order valence-corrected chi connectivity index (χ2v) is 6.79. The van der Waals surface area contributed by atoms with E-state index in [1.165, 1.54) is 44.9 Å². The summed E-state index contributed by atoms with van der Waals surface area (Å²) >= 11 is 3.47. The Balaban J connectivity index is 1.77. The first-order valence-corrected chi connectivity index (χ1v) is 8.74. The van der Waals surface area contributed by atoms with E-state index in [-0.39, 0.29) is 5.91 Å². The third kappa shape index (κ3) is 5.79. The fraction of sp³-hybridized carbons (Fsp3) is 0.588. The Morgan fingerprint density at radius 1 is 1.19 bits per heavy atom. The van der Waals surface area contributed by atoms with Crippen molar-refractivity contribution >= 4 is 27.5 Å². The van der Waals surface area contributed by atoms with Crippen LogP contribution in [0.1, 0.15) is 50.5 Å². The summed E-state index contributed by atoms with van der Waals surface area (Å²) in [6, 6.07) is 6.37. The summed E-state index contributed by atoms with van der Waals surface area (Å²) in [5.41, 5.74) is 1.99. The van der Waals surface area contributed by atoms with E-state index in [9.17, 15) is 4.79 Å².